The summed E-state index contributed by atoms with van der Waals surface area (Å²) in [4.78, 5) is 19.2. The van der Waals surface area contributed by atoms with E-state index in [2.05, 4.69) is 15.3 Å². The summed E-state index contributed by atoms with van der Waals surface area (Å²) in [5.41, 5.74) is 1.23. The van der Waals surface area contributed by atoms with Gasteiger partial charge in [-0.05, 0) is 26.3 Å². The molecule has 1 aromatic heterocycles. The van der Waals surface area contributed by atoms with Gasteiger partial charge in [0.1, 0.15) is 5.82 Å². The molecule has 94 valence electrons. The number of hydrogen-bond acceptors (Lipinski definition) is 4. The third-order valence-electron chi connectivity index (χ3n) is 3.29. The van der Waals surface area contributed by atoms with Crippen LogP contribution in [0.5, 0.6) is 0 Å². The van der Waals surface area contributed by atoms with Crippen molar-refractivity contribution in [3.8, 4) is 0 Å². The quantitative estimate of drug-likeness (QED) is 0.695. The number of hydrogen-bond donors (Lipinski definition) is 3. The van der Waals surface area contributed by atoms with Crippen molar-refractivity contribution in [2.45, 2.75) is 32.1 Å². The zero-order valence-electron chi connectivity index (χ0n) is 10.1. The molecule has 0 aromatic carbocycles. The van der Waals surface area contributed by atoms with Gasteiger partial charge in [-0.3, -0.25) is 4.79 Å². The molecular formula is C12H19N3O2. The van der Waals surface area contributed by atoms with Crippen LogP contribution in [0.3, 0.4) is 0 Å². The Bertz CT molecular complexity index is 436. The standard InChI is InChI=1S/C12H19N3O2/c1-8-10(4-6-16)12(17)15-11(14-8)9-3-2-5-13-7-9/h9,13,16H,2-7H2,1H3,(H,14,15,17). The van der Waals surface area contributed by atoms with Gasteiger partial charge in [-0.2, -0.15) is 0 Å². The fourth-order valence-corrected chi connectivity index (χ4v) is 2.32. The highest BCUT2D eigenvalue weighted by Crippen LogP contribution is 2.19. The van der Waals surface area contributed by atoms with Gasteiger partial charge in [0.2, 0.25) is 0 Å². The third kappa shape index (κ3) is 2.73. The van der Waals surface area contributed by atoms with Crippen molar-refractivity contribution >= 4 is 0 Å². The summed E-state index contributed by atoms with van der Waals surface area (Å²) in [5, 5.41) is 12.2. The first-order chi connectivity index (χ1) is 8.22. The van der Waals surface area contributed by atoms with Gasteiger partial charge in [0.15, 0.2) is 0 Å². The number of rotatable bonds is 3. The second kappa shape index (κ2) is 5.42. The van der Waals surface area contributed by atoms with Crippen LogP contribution in [0.4, 0.5) is 0 Å². The highest BCUT2D eigenvalue weighted by atomic mass is 16.3. The van der Waals surface area contributed by atoms with Crippen molar-refractivity contribution in [2.24, 2.45) is 0 Å². The minimum Gasteiger partial charge on any atom is -0.396 e. The van der Waals surface area contributed by atoms with E-state index in [4.69, 9.17) is 5.11 Å². The van der Waals surface area contributed by atoms with Crippen LogP contribution < -0.4 is 10.9 Å². The monoisotopic (exact) mass is 237 g/mol. The lowest BCUT2D eigenvalue weighted by atomic mass is 9.98. The first-order valence-electron chi connectivity index (χ1n) is 6.13. The molecule has 1 aliphatic heterocycles. The molecule has 3 N–H and O–H groups in total. The van der Waals surface area contributed by atoms with E-state index in [1.807, 2.05) is 6.92 Å². The van der Waals surface area contributed by atoms with Crippen LogP contribution in [0.1, 0.15) is 35.8 Å². The molecule has 1 aromatic rings. The Hall–Kier alpha value is -1.20. The van der Waals surface area contributed by atoms with Crippen LogP contribution in [-0.4, -0.2) is 34.8 Å². The predicted molar refractivity (Wildman–Crippen MR) is 65.2 cm³/mol. The summed E-state index contributed by atoms with van der Waals surface area (Å²) in [6.07, 6.45) is 2.55. The molecule has 0 radical (unpaired) electrons. The first kappa shape index (κ1) is 12.3. The number of nitrogens with zero attached hydrogens (tertiary/aromatic N) is 1. The molecule has 1 aliphatic rings. The molecule has 1 fully saturated rings. The second-order valence-electron chi connectivity index (χ2n) is 4.53. The summed E-state index contributed by atoms with van der Waals surface area (Å²) in [5.74, 6) is 1.08. The third-order valence-corrected chi connectivity index (χ3v) is 3.29. The van der Waals surface area contributed by atoms with Crippen LogP contribution in [0, 0.1) is 6.92 Å². The summed E-state index contributed by atoms with van der Waals surface area (Å²) in [7, 11) is 0. The molecule has 0 amide bonds. The highest BCUT2D eigenvalue weighted by Gasteiger charge is 2.18. The molecule has 1 unspecified atom stereocenters. The van der Waals surface area contributed by atoms with E-state index in [1.165, 1.54) is 0 Å². The van der Waals surface area contributed by atoms with Gasteiger partial charge in [-0.1, -0.05) is 0 Å². The molecule has 0 spiro atoms. The number of aliphatic hydroxyl groups is 1. The lowest BCUT2D eigenvalue weighted by Gasteiger charge is -2.22. The topological polar surface area (TPSA) is 78.0 Å². The zero-order chi connectivity index (χ0) is 12.3. The van der Waals surface area contributed by atoms with E-state index in [0.29, 0.717) is 17.9 Å². The maximum absolute atomic E-state index is 11.9. The van der Waals surface area contributed by atoms with Gasteiger partial charge in [-0.25, -0.2) is 4.98 Å². The lowest BCUT2D eigenvalue weighted by molar-refractivity contribution is 0.298. The Morgan fingerprint density at radius 2 is 2.35 bits per heavy atom. The first-order valence-corrected chi connectivity index (χ1v) is 6.13. The minimum absolute atomic E-state index is 0.0179. The van der Waals surface area contributed by atoms with E-state index >= 15 is 0 Å². The second-order valence-corrected chi connectivity index (χ2v) is 4.53. The van der Waals surface area contributed by atoms with Crippen molar-refractivity contribution in [2.75, 3.05) is 19.7 Å². The van der Waals surface area contributed by atoms with E-state index < -0.39 is 0 Å². The number of H-pyrrole nitrogens is 1. The fraction of sp³-hybridized carbons (Fsp3) is 0.667. The van der Waals surface area contributed by atoms with Crippen molar-refractivity contribution < 1.29 is 5.11 Å². The fourth-order valence-electron chi connectivity index (χ4n) is 2.32. The molecule has 0 bridgehead atoms. The average Bonchev–Trinajstić information content (AvgIpc) is 2.35. The van der Waals surface area contributed by atoms with Gasteiger partial charge in [0, 0.05) is 36.7 Å². The molecule has 17 heavy (non-hydrogen) atoms. The van der Waals surface area contributed by atoms with Crippen molar-refractivity contribution in [1.29, 1.82) is 0 Å². The van der Waals surface area contributed by atoms with E-state index in [-0.39, 0.29) is 12.2 Å². The maximum Gasteiger partial charge on any atom is 0.254 e. The van der Waals surface area contributed by atoms with Crippen LogP contribution in [0.2, 0.25) is 0 Å². The molecular weight excluding hydrogens is 218 g/mol. The number of aromatic amines is 1. The molecule has 2 rings (SSSR count). The van der Waals surface area contributed by atoms with E-state index in [0.717, 1.165) is 37.4 Å². The Morgan fingerprint density at radius 1 is 1.53 bits per heavy atom. The van der Waals surface area contributed by atoms with Gasteiger partial charge in [-0.15, -0.1) is 0 Å². The molecule has 1 saturated heterocycles. The molecule has 2 heterocycles. The van der Waals surface area contributed by atoms with Gasteiger partial charge >= 0.3 is 0 Å². The lowest BCUT2D eigenvalue weighted by Crippen LogP contribution is -2.31. The van der Waals surface area contributed by atoms with Gasteiger partial charge in [0.25, 0.3) is 5.56 Å². The van der Waals surface area contributed by atoms with Gasteiger partial charge < -0.3 is 15.4 Å². The smallest absolute Gasteiger partial charge is 0.254 e. The Kier molecular flexibility index (Phi) is 3.91. The SMILES string of the molecule is Cc1nc(C2CCCNC2)[nH]c(=O)c1CCO. The van der Waals surface area contributed by atoms with E-state index in [1.54, 1.807) is 0 Å². The number of piperidine rings is 1. The molecule has 0 aliphatic carbocycles. The molecule has 5 heteroatoms. The normalized spacial score (nSPS) is 20.5. The molecule has 1 atom stereocenters. The summed E-state index contributed by atoms with van der Waals surface area (Å²) in [6, 6.07) is 0. The van der Waals surface area contributed by atoms with E-state index in [9.17, 15) is 4.79 Å². The van der Waals surface area contributed by atoms with Crippen molar-refractivity contribution in [3.05, 3.63) is 27.4 Å². The summed E-state index contributed by atoms with van der Waals surface area (Å²) >= 11 is 0. The number of aryl methyl sites for hydroxylation is 1. The minimum atomic E-state index is -0.105. The van der Waals surface area contributed by atoms with Crippen LogP contribution in [-0.2, 0) is 6.42 Å². The summed E-state index contributed by atoms with van der Waals surface area (Å²) in [6.45, 7) is 3.74. The highest BCUT2D eigenvalue weighted by molar-refractivity contribution is 5.18. The van der Waals surface area contributed by atoms with Gasteiger partial charge in [0.05, 0.1) is 0 Å². The number of aliphatic hydroxyl groups excluding tert-OH is 1. The Labute approximate surface area is 100 Å². The predicted octanol–water partition coefficient (Wildman–Crippen LogP) is 0.0801. The molecule has 5 nitrogen and oxygen atoms in total. The zero-order valence-corrected chi connectivity index (χ0v) is 10.1. The van der Waals surface area contributed by atoms with Crippen LogP contribution in [0.15, 0.2) is 4.79 Å². The Morgan fingerprint density at radius 3 is 2.94 bits per heavy atom. The largest absolute Gasteiger partial charge is 0.396 e. The number of nitrogens with one attached hydrogen (secondary N) is 2. The number of aromatic nitrogens is 2. The Balaban J connectivity index is 2.27. The van der Waals surface area contributed by atoms with Crippen molar-refractivity contribution in [3.63, 3.8) is 0 Å². The van der Waals surface area contributed by atoms with Crippen LogP contribution >= 0.6 is 0 Å². The maximum atomic E-state index is 11.9. The molecule has 0 saturated carbocycles. The van der Waals surface area contributed by atoms with Crippen LogP contribution in [0.25, 0.3) is 0 Å². The summed E-state index contributed by atoms with van der Waals surface area (Å²) < 4.78 is 0. The average molecular weight is 237 g/mol. The van der Waals surface area contributed by atoms with Crippen molar-refractivity contribution in [1.82, 2.24) is 15.3 Å².